The molecular formula is C24H29N5O2. The number of ketones is 1. The normalized spacial score (nSPS) is 18.1. The highest BCUT2D eigenvalue weighted by molar-refractivity contribution is 5.86. The molecule has 1 aliphatic heterocycles. The molecule has 0 saturated carbocycles. The van der Waals surface area contributed by atoms with Crippen LogP contribution in [0.4, 0.5) is 0 Å². The number of carbonyl (C=O) groups excluding carboxylic acids is 1. The van der Waals surface area contributed by atoms with E-state index in [9.17, 15) is 9.90 Å². The van der Waals surface area contributed by atoms with Crippen molar-refractivity contribution in [2.24, 2.45) is 5.92 Å². The number of aliphatic hydroxyl groups is 1. The highest BCUT2D eigenvalue weighted by Gasteiger charge is 2.26. The molecule has 0 bridgehead atoms. The second-order valence-corrected chi connectivity index (χ2v) is 9.04. The summed E-state index contributed by atoms with van der Waals surface area (Å²) in [6.07, 6.45) is 11.6. The van der Waals surface area contributed by atoms with Crippen LogP contribution >= 0.6 is 0 Å². The van der Waals surface area contributed by atoms with Gasteiger partial charge in [-0.15, -0.1) is 0 Å². The third-order valence-corrected chi connectivity index (χ3v) is 5.73. The van der Waals surface area contributed by atoms with E-state index in [2.05, 4.69) is 24.8 Å². The Labute approximate surface area is 182 Å². The lowest BCUT2D eigenvalue weighted by Gasteiger charge is -2.27. The summed E-state index contributed by atoms with van der Waals surface area (Å²) in [6, 6.07) is 3.97. The lowest BCUT2D eigenvalue weighted by atomic mass is 9.93. The fourth-order valence-corrected chi connectivity index (χ4v) is 4.27. The maximum absolute atomic E-state index is 13.0. The average molecular weight is 420 g/mol. The van der Waals surface area contributed by atoms with Gasteiger partial charge in [0.25, 0.3) is 0 Å². The summed E-state index contributed by atoms with van der Waals surface area (Å²) in [5.74, 6) is 0.295. The van der Waals surface area contributed by atoms with Crippen LogP contribution in [0, 0.1) is 5.92 Å². The Morgan fingerprint density at radius 3 is 2.74 bits per heavy atom. The van der Waals surface area contributed by atoms with Gasteiger partial charge in [0, 0.05) is 54.1 Å². The Morgan fingerprint density at radius 1 is 1.10 bits per heavy atom. The molecule has 7 heteroatoms. The molecule has 3 aromatic rings. The van der Waals surface area contributed by atoms with Crippen molar-refractivity contribution in [3.05, 3.63) is 48.8 Å². The monoisotopic (exact) mass is 419 g/mol. The maximum Gasteiger partial charge on any atom is 0.141 e. The Morgan fingerprint density at radius 2 is 1.97 bits per heavy atom. The molecule has 0 aliphatic carbocycles. The number of likely N-dealkylation sites (tertiary alicyclic amines) is 1. The van der Waals surface area contributed by atoms with Crippen molar-refractivity contribution >= 4 is 16.7 Å². The number of hydrogen-bond acceptors (Lipinski definition) is 7. The molecule has 31 heavy (non-hydrogen) atoms. The largest absolute Gasteiger partial charge is 0.389 e. The van der Waals surface area contributed by atoms with Gasteiger partial charge in [-0.25, -0.2) is 0 Å². The number of pyridine rings is 2. The van der Waals surface area contributed by atoms with Gasteiger partial charge in [-0.05, 0) is 58.3 Å². The number of fused-ring (bicyclic) bond motifs is 1. The zero-order chi connectivity index (χ0) is 21.8. The molecule has 7 nitrogen and oxygen atoms in total. The first-order chi connectivity index (χ1) is 14.9. The molecule has 0 radical (unpaired) electrons. The van der Waals surface area contributed by atoms with Crippen LogP contribution in [0.1, 0.15) is 38.8 Å². The fourth-order valence-electron chi connectivity index (χ4n) is 4.27. The first kappa shape index (κ1) is 21.5. The van der Waals surface area contributed by atoms with Gasteiger partial charge in [-0.2, -0.15) is 0 Å². The van der Waals surface area contributed by atoms with Crippen LogP contribution in [0.25, 0.3) is 22.2 Å². The first-order valence-electron chi connectivity index (χ1n) is 10.9. The quantitative estimate of drug-likeness (QED) is 0.656. The van der Waals surface area contributed by atoms with E-state index in [0.29, 0.717) is 13.0 Å². The van der Waals surface area contributed by atoms with Crippen LogP contribution in [0.3, 0.4) is 0 Å². The van der Waals surface area contributed by atoms with Crippen molar-refractivity contribution in [2.45, 2.75) is 45.1 Å². The van der Waals surface area contributed by atoms with E-state index in [1.807, 2.05) is 26.0 Å². The van der Waals surface area contributed by atoms with Gasteiger partial charge in [0.2, 0.25) is 0 Å². The van der Waals surface area contributed by atoms with Crippen LogP contribution in [-0.2, 0) is 11.2 Å². The van der Waals surface area contributed by atoms with Crippen molar-refractivity contribution in [2.75, 3.05) is 19.6 Å². The summed E-state index contributed by atoms with van der Waals surface area (Å²) in [5.41, 5.74) is 2.51. The molecule has 1 unspecified atom stereocenters. The topological polar surface area (TPSA) is 92.1 Å². The molecule has 0 spiro atoms. The zero-order valence-corrected chi connectivity index (χ0v) is 18.2. The van der Waals surface area contributed by atoms with Gasteiger partial charge < -0.3 is 10.0 Å². The predicted octanol–water partition coefficient (Wildman–Crippen LogP) is 3.07. The van der Waals surface area contributed by atoms with Crippen LogP contribution in [0.5, 0.6) is 0 Å². The molecule has 1 saturated heterocycles. The van der Waals surface area contributed by atoms with Crippen molar-refractivity contribution < 1.29 is 9.90 Å². The van der Waals surface area contributed by atoms with E-state index >= 15 is 0 Å². The number of β-amino-alcohol motifs (C(OH)–C–C–N with tert-alkyl or cyclic N) is 1. The van der Waals surface area contributed by atoms with Crippen LogP contribution < -0.4 is 0 Å². The highest BCUT2D eigenvalue weighted by atomic mass is 16.3. The molecule has 3 aromatic heterocycles. The second-order valence-electron chi connectivity index (χ2n) is 9.04. The zero-order valence-electron chi connectivity index (χ0n) is 18.2. The number of nitrogens with zero attached hydrogens (tertiary/aromatic N) is 5. The molecule has 0 aromatic carbocycles. The predicted molar refractivity (Wildman–Crippen MR) is 119 cm³/mol. The highest BCUT2D eigenvalue weighted by Crippen LogP contribution is 2.23. The van der Waals surface area contributed by atoms with Crippen molar-refractivity contribution in [1.29, 1.82) is 0 Å². The molecule has 4 heterocycles. The van der Waals surface area contributed by atoms with Gasteiger partial charge in [-0.3, -0.25) is 24.7 Å². The molecule has 1 atom stereocenters. The SMILES string of the molecule is CC(C)(O)CN1CCCC(C(=O)Cc2cc3cc(-c4cnccn4)cnc3cn2)CC1. The Hall–Kier alpha value is -2.77. The smallest absolute Gasteiger partial charge is 0.141 e. The van der Waals surface area contributed by atoms with Gasteiger partial charge in [-0.1, -0.05) is 0 Å². The molecule has 4 rings (SSSR count). The van der Waals surface area contributed by atoms with Crippen molar-refractivity contribution in [3.63, 3.8) is 0 Å². The van der Waals surface area contributed by atoms with E-state index in [0.717, 1.165) is 60.2 Å². The maximum atomic E-state index is 13.0. The van der Waals surface area contributed by atoms with Crippen molar-refractivity contribution in [3.8, 4) is 11.3 Å². The number of Topliss-reactive ketones (excluding diaryl/α,β-unsaturated/α-hetero) is 1. The third kappa shape index (κ3) is 5.68. The van der Waals surface area contributed by atoms with E-state index in [4.69, 9.17) is 0 Å². The molecule has 1 fully saturated rings. The third-order valence-electron chi connectivity index (χ3n) is 5.73. The number of carbonyl (C=O) groups is 1. The first-order valence-corrected chi connectivity index (χ1v) is 10.9. The van der Waals surface area contributed by atoms with Crippen molar-refractivity contribution in [1.82, 2.24) is 24.8 Å². The van der Waals surface area contributed by atoms with Gasteiger partial charge >= 0.3 is 0 Å². The lowest BCUT2D eigenvalue weighted by molar-refractivity contribution is -0.122. The second kappa shape index (κ2) is 9.16. The van der Waals surface area contributed by atoms with Crippen LogP contribution in [-0.4, -0.2) is 61.0 Å². The fraction of sp³-hybridized carbons (Fsp3) is 0.458. The van der Waals surface area contributed by atoms with Crippen LogP contribution in [0.15, 0.2) is 43.1 Å². The summed E-state index contributed by atoms with van der Waals surface area (Å²) in [7, 11) is 0. The summed E-state index contributed by atoms with van der Waals surface area (Å²) >= 11 is 0. The van der Waals surface area contributed by atoms with Gasteiger partial charge in [0.15, 0.2) is 0 Å². The van der Waals surface area contributed by atoms with E-state index in [1.165, 1.54) is 0 Å². The number of rotatable bonds is 6. The Bertz CT molecular complexity index is 1050. The van der Waals surface area contributed by atoms with E-state index < -0.39 is 5.60 Å². The summed E-state index contributed by atoms with van der Waals surface area (Å²) in [4.78, 5) is 32.7. The van der Waals surface area contributed by atoms with Gasteiger partial charge in [0.05, 0.1) is 29.2 Å². The molecule has 1 N–H and O–H groups in total. The minimum absolute atomic E-state index is 0.0494. The van der Waals surface area contributed by atoms with Crippen LogP contribution in [0.2, 0.25) is 0 Å². The minimum Gasteiger partial charge on any atom is -0.389 e. The Kier molecular flexibility index (Phi) is 6.34. The molecule has 1 aliphatic rings. The van der Waals surface area contributed by atoms with E-state index in [-0.39, 0.29) is 11.7 Å². The molecule has 0 amide bonds. The Balaban J connectivity index is 1.44. The number of aromatic nitrogens is 4. The summed E-state index contributed by atoms with van der Waals surface area (Å²) < 4.78 is 0. The lowest BCUT2D eigenvalue weighted by Crippen LogP contribution is -2.39. The summed E-state index contributed by atoms with van der Waals surface area (Å²) in [6.45, 7) is 6.07. The molecular weight excluding hydrogens is 390 g/mol. The summed E-state index contributed by atoms with van der Waals surface area (Å²) in [5, 5.41) is 11.0. The average Bonchev–Trinajstić information content (AvgIpc) is 2.98. The number of hydrogen-bond donors (Lipinski definition) is 1. The van der Waals surface area contributed by atoms with E-state index in [1.54, 1.807) is 31.0 Å². The standard InChI is InChI=1S/C24H29N5O2/c1-24(2,31)16-29-8-3-4-17(5-9-29)23(30)12-20-11-18-10-19(13-28-22(18)15-27-20)21-14-25-6-7-26-21/h6-7,10-11,13-15,17,31H,3-5,8-9,12,16H2,1-2H3. The molecule has 162 valence electrons. The minimum atomic E-state index is -0.711. The van der Waals surface area contributed by atoms with Gasteiger partial charge in [0.1, 0.15) is 5.78 Å².